The minimum atomic E-state index is -0.0244. The number of methoxy groups -OCH3 is 2. The lowest BCUT2D eigenvalue weighted by atomic mass is 9.99. The van der Waals surface area contributed by atoms with Crippen molar-refractivity contribution >= 4 is 5.91 Å². The molecule has 1 N–H and O–H groups in total. The van der Waals surface area contributed by atoms with Crippen LogP contribution in [0.4, 0.5) is 0 Å². The molecule has 1 aliphatic heterocycles. The fourth-order valence-electron chi connectivity index (χ4n) is 2.25. The van der Waals surface area contributed by atoms with Gasteiger partial charge in [-0.2, -0.15) is 0 Å². The van der Waals surface area contributed by atoms with E-state index in [1.54, 1.807) is 14.2 Å². The maximum atomic E-state index is 11.6. The van der Waals surface area contributed by atoms with Gasteiger partial charge in [0.25, 0.3) is 0 Å². The normalized spacial score (nSPS) is 23.4. The van der Waals surface area contributed by atoms with Crippen molar-refractivity contribution in [2.75, 3.05) is 14.2 Å². The Hall–Kier alpha value is -1.71. The van der Waals surface area contributed by atoms with Crippen LogP contribution in [0.15, 0.2) is 18.2 Å². The van der Waals surface area contributed by atoms with Crippen LogP contribution in [0.3, 0.4) is 0 Å². The van der Waals surface area contributed by atoms with Gasteiger partial charge in [0.1, 0.15) is 11.5 Å². The number of amides is 1. The van der Waals surface area contributed by atoms with E-state index in [4.69, 9.17) is 9.47 Å². The van der Waals surface area contributed by atoms with Crippen LogP contribution < -0.4 is 14.8 Å². The maximum Gasteiger partial charge on any atom is 0.223 e. The summed E-state index contributed by atoms with van der Waals surface area (Å²) in [5.74, 6) is 1.63. The summed E-state index contributed by atoms with van der Waals surface area (Å²) >= 11 is 0. The molecule has 0 spiro atoms. The number of ether oxygens (including phenoxy) is 2. The molecule has 1 saturated heterocycles. The number of nitrogens with one attached hydrogen (secondary N) is 1. The van der Waals surface area contributed by atoms with Crippen molar-refractivity contribution in [3.63, 3.8) is 0 Å². The second-order valence-corrected chi connectivity index (χ2v) is 4.27. The first-order chi connectivity index (χ1) is 8.17. The van der Waals surface area contributed by atoms with Gasteiger partial charge in [-0.25, -0.2) is 0 Å². The predicted octanol–water partition coefficient (Wildman–Crippen LogP) is 1.90. The maximum absolute atomic E-state index is 11.6. The second kappa shape index (κ2) is 4.65. The highest BCUT2D eigenvalue weighted by molar-refractivity contribution is 5.81. The summed E-state index contributed by atoms with van der Waals surface area (Å²) in [5, 5.41) is 2.97. The zero-order valence-electron chi connectivity index (χ0n) is 10.3. The largest absolute Gasteiger partial charge is 0.496 e. The predicted molar refractivity (Wildman–Crippen MR) is 64.2 cm³/mol. The van der Waals surface area contributed by atoms with Gasteiger partial charge in [0.15, 0.2) is 0 Å². The fourth-order valence-corrected chi connectivity index (χ4v) is 2.25. The van der Waals surface area contributed by atoms with E-state index in [2.05, 4.69) is 5.32 Å². The van der Waals surface area contributed by atoms with Crippen molar-refractivity contribution in [2.24, 2.45) is 5.92 Å². The van der Waals surface area contributed by atoms with E-state index in [-0.39, 0.29) is 17.9 Å². The Labute approximate surface area is 101 Å². The Morgan fingerprint density at radius 2 is 1.82 bits per heavy atom. The Morgan fingerprint density at radius 3 is 2.24 bits per heavy atom. The van der Waals surface area contributed by atoms with Crippen LogP contribution >= 0.6 is 0 Å². The Bertz CT molecular complexity index is 408. The highest BCUT2D eigenvalue weighted by Crippen LogP contribution is 2.39. The van der Waals surface area contributed by atoms with Gasteiger partial charge in [0.05, 0.1) is 25.8 Å². The molecule has 17 heavy (non-hydrogen) atoms. The number of rotatable bonds is 3. The van der Waals surface area contributed by atoms with E-state index >= 15 is 0 Å². The van der Waals surface area contributed by atoms with Crippen LogP contribution in [0.25, 0.3) is 0 Å². The minimum Gasteiger partial charge on any atom is -0.496 e. The monoisotopic (exact) mass is 235 g/mol. The third-order valence-corrected chi connectivity index (χ3v) is 3.17. The summed E-state index contributed by atoms with van der Waals surface area (Å²) in [4.78, 5) is 11.6. The molecule has 4 nitrogen and oxygen atoms in total. The quantitative estimate of drug-likeness (QED) is 0.870. The molecule has 1 amide bonds. The van der Waals surface area contributed by atoms with E-state index in [1.807, 2.05) is 25.1 Å². The van der Waals surface area contributed by atoms with Crippen molar-refractivity contribution in [1.29, 1.82) is 0 Å². The molecule has 0 radical (unpaired) electrons. The molecule has 0 aliphatic carbocycles. The van der Waals surface area contributed by atoms with E-state index in [1.165, 1.54) is 0 Å². The van der Waals surface area contributed by atoms with Crippen LogP contribution in [-0.4, -0.2) is 20.1 Å². The molecule has 0 bridgehead atoms. The van der Waals surface area contributed by atoms with Gasteiger partial charge in [0, 0.05) is 5.92 Å². The molecule has 2 atom stereocenters. The Balaban J connectivity index is 2.40. The standard InChI is InChI=1S/C13H17NO3/c1-8-7-9(14-13(8)15)12-10(16-2)5-4-6-11(12)17-3/h4-6,8-9H,7H2,1-3H3,(H,14,15). The molecule has 2 rings (SSSR count). The summed E-state index contributed by atoms with van der Waals surface area (Å²) < 4.78 is 10.7. The molecule has 0 saturated carbocycles. The van der Waals surface area contributed by atoms with Crippen LogP contribution in [0.2, 0.25) is 0 Å². The summed E-state index contributed by atoms with van der Waals surface area (Å²) in [6.07, 6.45) is 0.773. The molecule has 0 aromatic heterocycles. The lowest BCUT2D eigenvalue weighted by Gasteiger charge is -2.18. The lowest BCUT2D eigenvalue weighted by molar-refractivity contribution is -0.122. The van der Waals surface area contributed by atoms with Gasteiger partial charge in [-0.1, -0.05) is 13.0 Å². The van der Waals surface area contributed by atoms with Gasteiger partial charge in [0.2, 0.25) is 5.91 Å². The zero-order chi connectivity index (χ0) is 12.4. The van der Waals surface area contributed by atoms with E-state index in [0.29, 0.717) is 0 Å². The summed E-state index contributed by atoms with van der Waals surface area (Å²) in [5.41, 5.74) is 0.926. The second-order valence-electron chi connectivity index (χ2n) is 4.27. The van der Waals surface area contributed by atoms with Crippen molar-refractivity contribution in [3.8, 4) is 11.5 Å². The minimum absolute atomic E-state index is 0.0244. The highest BCUT2D eigenvalue weighted by Gasteiger charge is 2.32. The summed E-state index contributed by atoms with van der Waals surface area (Å²) in [6.45, 7) is 1.93. The van der Waals surface area contributed by atoms with Gasteiger partial charge in [-0.05, 0) is 18.6 Å². The van der Waals surface area contributed by atoms with Crippen molar-refractivity contribution in [1.82, 2.24) is 5.32 Å². The fraction of sp³-hybridized carbons (Fsp3) is 0.462. The van der Waals surface area contributed by atoms with Crippen LogP contribution in [0, 0.1) is 5.92 Å². The van der Waals surface area contributed by atoms with Gasteiger partial charge in [-0.3, -0.25) is 4.79 Å². The molecule has 1 aliphatic rings. The SMILES string of the molecule is COc1cccc(OC)c1C1CC(C)C(=O)N1. The van der Waals surface area contributed by atoms with E-state index in [0.717, 1.165) is 23.5 Å². The first kappa shape index (κ1) is 11.8. The Kier molecular flexibility index (Phi) is 3.22. The van der Waals surface area contributed by atoms with Gasteiger partial charge in [-0.15, -0.1) is 0 Å². The van der Waals surface area contributed by atoms with Crippen LogP contribution in [0.1, 0.15) is 24.9 Å². The van der Waals surface area contributed by atoms with Crippen molar-refractivity contribution in [2.45, 2.75) is 19.4 Å². The highest BCUT2D eigenvalue weighted by atomic mass is 16.5. The average molecular weight is 235 g/mol. The van der Waals surface area contributed by atoms with Crippen molar-refractivity contribution in [3.05, 3.63) is 23.8 Å². The molecular formula is C13H17NO3. The average Bonchev–Trinajstić information content (AvgIpc) is 2.68. The van der Waals surface area contributed by atoms with Crippen LogP contribution in [0.5, 0.6) is 11.5 Å². The zero-order valence-corrected chi connectivity index (χ0v) is 10.3. The lowest BCUT2D eigenvalue weighted by Crippen LogP contribution is -2.21. The molecule has 1 heterocycles. The van der Waals surface area contributed by atoms with E-state index < -0.39 is 0 Å². The summed E-state index contributed by atoms with van der Waals surface area (Å²) in [6, 6.07) is 5.62. The molecule has 2 unspecified atom stereocenters. The third kappa shape index (κ3) is 2.07. The van der Waals surface area contributed by atoms with E-state index in [9.17, 15) is 4.79 Å². The molecular weight excluding hydrogens is 218 g/mol. The smallest absolute Gasteiger partial charge is 0.223 e. The first-order valence-electron chi connectivity index (χ1n) is 5.68. The first-order valence-corrected chi connectivity index (χ1v) is 5.68. The number of carbonyl (C=O) groups excluding carboxylic acids is 1. The van der Waals surface area contributed by atoms with Gasteiger partial charge < -0.3 is 14.8 Å². The van der Waals surface area contributed by atoms with Crippen molar-refractivity contribution < 1.29 is 14.3 Å². The molecule has 1 aromatic carbocycles. The van der Waals surface area contributed by atoms with Gasteiger partial charge >= 0.3 is 0 Å². The number of hydrogen-bond acceptors (Lipinski definition) is 3. The molecule has 92 valence electrons. The summed E-state index contributed by atoms with van der Waals surface area (Å²) in [7, 11) is 3.25. The third-order valence-electron chi connectivity index (χ3n) is 3.17. The topological polar surface area (TPSA) is 47.6 Å². The molecule has 4 heteroatoms. The molecule has 1 fully saturated rings. The molecule has 1 aromatic rings. The number of carbonyl (C=O) groups is 1. The number of hydrogen-bond donors (Lipinski definition) is 1. The van der Waals surface area contributed by atoms with Crippen LogP contribution in [-0.2, 0) is 4.79 Å². The number of benzene rings is 1. The Morgan fingerprint density at radius 1 is 1.24 bits per heavy atom.